The molecule has 2 aromatic rings. The van der Waals surface area contributed by atoms with Gasteiger partial charge in [0.15, 0.2) is 11.5 Å². The van der Waals surface area contributed by atoms with E-state index in [0.717, 1.165) is 16.5 Å². The number of morpholine rings is 1. The van der Waals surface area contributed by atoms with Gasteiger partial charge in [0.25, 0.3) is 0 Å². The molecule has 1 aromatic carbocycles. The van der Waals surface area contributed by atoms with Gasteiger partial charge in [-0.1, -0.05) is 19.6 Å². The molecule has 3 rings (SSSR count). The summed E-state index contributed by atoms with van der Waals surface area (Å²) in [6, 6.07) is 3.74. The zero-order valence-electron chi connectivity index (χ0n) is 16.6. The van der Waals surface area contributed by atoms with Crippen molar-refractivity contribution in [3.05, 3.63) is 17.7 Å². The van der Waals surface area contributed by atoms with Crippen LogP contribution in [0.3, 0.4) is 0 Å². The van der Waals surface area contributed by atoms with E-state index in [1.54, 1.807) is 14.2 Å². The summed E-state index contributed by atoms with van der Waals surface area (Å²) in [6.45, 7) is 8.10. The monoisotopic (exact) mass is 392 g/mol. The molecule has 8 heteroatoms. The fourth-order valence-electron chi connectivity index (χ4n) is 3.74. The summed E-state index contributed by atoms with van der Waals surface area (Å²) in [4.78, 5) is 16.7. The highest BCUT2D eigenvalue weighted by Gasteiger charge is 2.32. The highest BCUT2D eigenvalue weighted by Crippen LogP contribution is 2.34. The molecule has 0 radical (unpaired) electrons. The minimum atomic E-state index is -1.69. The summed E-state index contributed by atoms with van der Waals surface area (Å²) >= 11 is 0. The second kappa shape index (κ2) is 7.44. The number of amides is 1. The molecule has 7 nitrogen and oxygen atoms in total. The average Bonchev–Trinajstić information content (AvgIpc) is 2.98. The molecular formula is C19H28N2O5Si. The Bertz CT molecular complexity index is 843. The highest BCUT2D eigenvalue weighted by molar-refractivity contribution is 6.88. The van der Waals surface area contributed by atoms with Crippen LogP contribution in [0.4, 0.5) is 4.79 Å². The zero-order valence-corrected chi connectivity index (χ0v) is 17.6. The summed E-state index contributed by atoms with van der Waals surface area (Å²) in [5.74, 6) is 1.34. The number of rotatable bonds is 5. The van der Waals surface area contributed by atoms with Gasteiger partial charge in [-0.25, -0.2) is 4.79 Å². The van der Waals surface area contributed by atoms with Crippen LogP contribution in [-0.2, 0) is 11.2 Å². The molecule has 1 atom stereocenters. The molecule has 0 spiro atoms. The minimum Gasteiger partial charge on any atom is -0.493 e. The molecule has 0 unspecified atom stereocenters. The third kappa shape index (κ3) is 3.77. The number of methoxy groups -OCH3 is 2. The van der Waals surface area contributed by atoms with Gasteiger partial charge in [-0.2, -0.15) is 0 Å². The first-order valence-corrected chi connectivity index (χ1v) is 12.6. The van der Waals surface area contributed by atoms with Crippen LogP contribution in [0.15, 0.2) is 12.1 Å². The number of benzene rings is 1. The third-order valence-electron chi connectivity index (χ3n) is 5.07. The van der Waals surface area contributed by atoms with Crippen molar-refractivity contribution in [2.75, 3.05) is 34.0 Å². The Balaban J connectivity index is 2.12. The second-order valence-corrected chi connectivity index (χ2v) is 12.9. The van der Waals surface area contributed by atoms with Crippen molar-refractivity contribution in [3.8, 4) is 11.5 Å². The van der Waals surface area contributed by atoms with Crippen molar-refractivity contribution in [1.29, 1.82) is 0 Å². The Morgan fingerprint density at radius 2 is 1.96 bits per heavy atom. The quantitative estimate of drug-likeness (QED) is 0.764. The molecule has 0 saturated carbocycles. The summed E-state index contributed by atoms with van der Waals surface area (Å²) < 4.78 is 16.5. The van der Waals surface area contributed by atoms with Gasteiger partial charge in [-0.3, -0.25) is 0 Å². The van der Waals surface area contributed by atoms with Crippen molar-refractivity contribution in [1.82, 2.24) is 9.88 Å². The van der Waals surface area contributed by atoms with Gasteiger partial charge in [0.2, 0.25) is 0 Å². The van der Waals surface area contributed by atoms with Crippen LogP contribution >= 0.6 is 0 Å². The Morgan fingerprint density at radius 1 is 1.30 bits per heavy atom. The molecule has 1 aliphatic rings. The van der Waals surface area contributed by atoms with E-state index >= 15 is 0 Å². The topological polar surface area (TPSA) is 84.0 Å². The van der Waals surface area contributed by atoms with E-state index in [2.05, 4.69) is 24.6 Å². The van der Waals surface area contributed by atoms with Gasteiger partial charge in [0, 0.05) is 28.8 Å². The summed E-state index contributed by atoms with van der Waals surface area (Å²) in [7, 11) is 1.55. The molecule has 1 saturated heterocycles. The molecule has 1 aliphatic heterocycles. The van der Waals surface area contributed by atoms with E-state index < -0.39 is 14.2 Å². The number of aromatic amines is 1. The number of nitrogens with one attached hydrogen (secondary N) is 1. The number of ether oxygens (including phenoxy) is 3. The van der Waals surface area contributed by atoms with Crippen LogP contribution in [0.1, 0.15) is 5.56 Å². The molecule has 2 heterocycles. The van der Waals surface area contributed by atoms with Gasteiger partial charge in [0.05, 0.1) is 41.5 Å². The van der Waals surface area contributed by atoms with Crippen molar-refractivity contribution in [2.24, 2.45) is 0 Å². The molecule has 1 fully saturated rings. The number of fused-ring (bicyclic) bond motifs is 1. The lowest BCUT2D eigenvalue weighted by atomic mass is 10.0. The highest BCUT2D eigenvalue weighted by atomic mass is 28.3. The first kappa shape index (κ1) is 19.6. The number of aromatic nitrogens is 1. The van der Waals surface area contributed by atoms with E-state index in [0.29, 0.717) is 37.7 Å². The standard InChI is InChI=1S/C19H28N2O5Si/c1-24-16-9-13-14(8-12-11-26-7-6-21(12)19(22)23)18(27(3,4)5)20-15(13)10-17(16)25-2/h9-10,12,20H,6-8,11H2,1-5H3,(H,22,23)/t12-/m0/s1. The lowest BCUT2D eigenvalue weighted by Crippen LogP contribution is -2.50. The first-order chi connectivity index (χ1) is 12.8. The number of nitrogens with zero attached hydrogens (tertiary/aromatic N) is 1. The number of hydrogen-bond donors (Lipinski definition) is 2. The Hall–Kier alpha value is -2.19. The molecule has 0 bridgehead atoms. The number of hydrogen-bond acceptors (Lipinski definition) is 4. The van der Waals surface area contributed by atoms with Crippen molar-refractivity contribution in [2.45, 2.75) is 32.1 Å². The van der Waals surface area contributed by atoms with Crippen molar-refractivity contribution in [3.63, 3.8) is 0 Å². The van der Waals surface area contributed by atoms with Gasteiger partial charge < -0.3 is 29.2 Å². The SMILES string of the molecule is COc1cc2[nH]c([Si](C)(C)C)c(C[C@H]3COCCN3C(=O)O)c2cc1OC. The lowest BCUT2D eigenvalue weighted by Gasteiger charge is -2.34. The van der Waals surface area contributed by atoms with E-state index in [1.165, 1.54) is 10.2 Å². The summed E-state index contributed by atoms with van der Waals surface area (Å²) in [6.07, 6.45) is -0.279. The van der Waals surface area contributed by atoms with E-state index in [9.17, 15) is 9.90 Å². The zero-order chi connectivity index (χ0) is 19.8. The Morgan fingerprint density at radius 3 is 2.56 bits per heavy atom. The fourth-order valence-corrected chi connectivity index (χ4v) is 5.39. The molecule has 27 heavy (non-hydrogen) atoms. The van der Waals surface area contributed by atoms with Crippen LogP contribution in [0.5, 0.6) is 11.5 Å². The Kier molecular flexibility index (Phi) is 5.39. The molecule has 2 N–H and O–H groups in total. The van der Waals surface area contributed by atoms with Crippen LogP contribution in [-0.4, -0.2) is 69.2 Å². The summed E-state index contributed by atoms with van der Waals surface area (Å²) in [5.41, 5.74) is 2.14. The van der Waals surface area contributed by atoms with Crippen LogP contribution in [0, 0.1) is 0 Å². The van der Waals surface area contributed by atoms with Crippen LogP contribution in [0.25, 0.3) is 10.9 Å². The number of carbonyl (C=O) groups is 1. The molecule has 148 valence electrons. The molecular weight excluding hydrogens is 364 g/mol. The van der Waals surface area contributed by atoms with E-state index in [1.807, 2.05) is 12.1 Å². The van der Waals surface area contributed by atoms with Gasteiger partial charge in [0.1, 0.15) is 0 Å². The molecule has 1 amide bonds. The van der Waals surface area contributed by atoms with Crippen molar-refractivity contribution < 1.29 is 24.1 Å². The van der Waals surface area contributed by atoms with Crippen molar-refractivity contribution >= 4 is 30.4 Å². The summed E-state index contributed by atoms with van der Waals surface area (Å²) in [5, 5.41) is 11.8. The second-order valence-electron chi connectivity index (χ2n) is 7.89. The Labute approximate surface area is 160 Å². The first-order valence-electron chi connectivity index (χ1n) is 9.10. The van der Waals surface area contributed by atoms with E-state index in [-0.39, 0.29) is 6.04 Å². The number of H-pyrrole nitrogens is 1. The smallest absolute Gasteiger partial charge is 0.407 e. The molecule has 0 aliphatic carbocycles. The van der Waals surface area contributed by atoms with Gasteiger partial charge in [-0.15, -0.1) is 0 Å². The van der Waals surface area contributed by atoms with Crippen LogP contribution < -0.4 is 14.8 Å². The predicted octanol–water partition coefficient (Wildman–Crippen LogP) is 2.65. The maximum absolute atomic E-state index is 11.7. The fraction of sp³-hybridized carbons (Fsp3) is 0.526. The maximum atomic E-state index is 11.7. The van der Waals surface area contributed by atoms with Crippen LogP contribution in [0.2, 0.25) is 19.6 Å². The minimum absolute atomic E-state index is 0.196. The van der Waals surface area contributed by atoms with Gasteiger partial charge >= 0.3 is 6.09 Å². The van der Waals surface area contributed by atoms with Gasteiger partial charge in [-0.05, 0) is 18.1 Å². The van der Waals surface area contributed by atoms with E-state index in [4.69, 9.17) is 14.2 Å². The number of carboxylic acid groups (broad SMARTS) is 1. The maximum Gasteiger partial charge on any atom is 0.407 e. The lowest BCUT2D eigenvalue weighted by molar-refractivity contribution is 0.000442. The molecule has 1 aromatic heterocycles. The average molecular weight is 393 g/mol. The normalized spacial score (nSPS) is 18.0. The largest absolute Gasteiger partial charge is 0.493 e. The predicted molar refractivity (Wildman–Crippen MR) is 107 cm³/mol. The third-order valence-corrected chi connectivity index (χ3v) is 7.00.